The number of ether oxygens (including phenoxy) is 1. The fourth-order valence-corrected chi connectivity index (χ4v) is 3.73. The molecule has 33 heavy (non-hydrogen) atoms. The van der Waals surface area contributed by atoms with Gasteiger partial charge in [0.1, 0.15) is 28.6 Å². The summed E-state index contributed by atoms with van der Waals surface area (Å²) in [5.74, 6) is 1.02. The first-order chi connectivity index (χ1) is 15.9. The van der Waals surface area contributed by atoms with Crippen molar-refractivity contribution in [3.8, 4) is 28.6 Å². The number of hydrogen-bond acceptors (Lipinski definition) is 5. The van der Waals surface area contributed by atoms with E-state index in [-0.39, 0.29) is 18.1 Å². The average molecular weight is 440 g/mol. The number of rotatable bonds is 7. The average Bonchev–Trinajstić information content (AvgIpc) is 3.25. The molecule has 0 bridgehead atoms. The molecule has 0 unspecified atom stereocenters. The van der Waals surface area contributed by atoms with E-state index in [1.165, 1.54) is 13.2 Å². The minimum absolute atomic E-state index is 0.0305. The third-order valence-electron chi connectivity index (χ3n) is 5.45. The van der Waals surface area contributed by atoms with Crippen LogP contribution in [-0.4, -0.2) is 29.0 Å². The minimum Gasteiger partial charge on any atom is -0.507 e. The summed E-state index contributed by atoms with van der Waals surface area (Å²) in [6.07, 6.45) is 5.17. The zero-order valence-electron chi connectivity index (χ0n) is 18.2. The van der Waals surface area contributed by atoms with Crippen LogP contribution in [0.25, 0.3) is 40.0 Å². The van der Waals surface area contributed by atoms with E-state index in [0.717, 1.165) is 16.5 Å². The topological polar surface area (TPSA) is 83.1 Å². The highest BCUT2D eigenvalue weighted by molar-refractivity contribution is 5.90. The fourth-order valence-electron chi connectivity index (χ4n) is 3.73. The smallest absolute Gasteiger partial charge is 0.139 e. The number of aliphatic hydroxyl groups is 1. The third-order valence-corrected chi connectivity index (χ3v) is 5.45. The first-order valence-electron chi connectivity index (χ1n) is 10.3. The van der Waals surface area contributed by atoms with Crippen molar-refractivity contribution in [2.24, 2.45) is 0 Å². The van der Waals surface area contributed by atoms with Crippen LogP contribution < -0.4 is 4.74 Å². The summed E-state index contributed by atoms with van der Waals surface area (Å²) in [6, 6.07) is 15.9. The first-order valence-corrected chi connectivity index (χ1v) is 10.3. The molecule has 3 N–H and O–H groups in total. The van der Waals surface area contributed by atoms with Gasteiger partial charge in [-0.05, 0) is 53.1 Å². The number of benzene rings is 3. The van der Waals surface area contributed by atoms with Crippen molar-refractivity contribution in [1.82, 2.24) is 0 Å². The van der Waals surface area contributed by atoms with Crippen LogP contribution in [0.3, 0.4) is 0 Å². The van der Waals surface area contributed by atoms with Crippen LogP contribution in [0.2, 0.25) is 0 Å². The molecular weight excluding hydrogens is 416 g/mol. The largest absolute Gasteiger partial charge is 0.507 e. The van der Waals surface area contributed by atoms with E-state index >= 15 is 0 Å². The van der Waals surface area contributed by atoms with Crippen molar-refractivity contribution < 1.29 is 24.5 Å². The molecule has 4 rings (SSSR count). The number of aromatic hydroxyl groups is 2. The van der Waals surface area contributed by atoms with Gasteiger partial charge in [-0.1, -0.05) is 43.5 Å². The highest BCUT2D eigenvalue weighted by Crippen LogP contribution is 2.42. The molecule has 0 aliphatic heterocycles. The molecule has 1 aromatic heterocycles. The summed E-state index contributed by atoms with van der Waals surface area (Å²) in [5, 5.41) is 31.0. The van der Waals surface area contributed by atoms with Crippen LogP contribution >= 0.6 is 0 Å². The van der Waals surface area contributed by atoms with E-state index in [4.69, 9.17) is 14.3 Å². The Balaban J connectivity index is 1.83. The van der Waals surface area contributed by atoms with Gasteiger partial charge >= 0.3 is 0 Å². The molecule has 0 saturated carbocycles. The van der Waals surface area contributed by atoms with Crippen LogP contribution in [0.1, 0.15) is 22.3 Å². The van der Waals surface area contributed by atoms with Crippen molar-refractivity contribution in [3.05, 3.63) is 96.1 Å². The summed E-state index contributed by atoms with van der Waals surface area (Å²) in [4.78, 5) is 0. The highest BCUT2D eigenvalue weighted by Gasteiger charge is 2.19. The number of aliphatic hydroxyl groups excluding tert-OH is 1. The lowest BCUT2D eigenvalue weighted by atomic mass is 9.94. The van der Waals surface area contributed by atoms with Gasteiger partial charge in [0.2, 0.25) is 0 Å². The molecule has 166 valence electrons. The lowest BCUT2D eigenvalue weighted by molar-refractivity contribution is 0.343. The van der Waals surface area contributed by atoms with E-state index < -0.39 is 0 Å². The maximum atomic E-state index is 10.7. The maximum absolute atomic E-state index is 10.7. The summed E-state index contributed by atoms with van der Waals surface area (Å²) < 4.78 is 11.6. The number of phenols is 2. The summed E-state index contributed by atoms with van der Waals surface area (Å²) in [6.45, 7) is 7.85. The number of methoxy groups -OCH3 is 1. The van der Waals surface area contributed by atoms with Crippen LogP contribution in [0, 0.1) is 0 Å². The summed E-state index contributed by atoms with van der Waals surface area (Å²) >= 11 is 0. The summed E-state index contributed by atoms with van der Waals surface area (Å²) in [7, 11) is 1.52. The Morgan fingerprint density at radius 1 is 0.970 bits per heavy atom. The Bertz CT molecular complexity index is 1390. The Hall–Kier alpha value is -4.22. The number of phenolic OH excluding ortho intramolecular Hbond substituents is 2. The van der Waals surface area contributed by atoms with Crippen molar-refractivity contribution in [1.29, 1.82) is 0 Å². The number of hydrogen-bond donors (Lipinski definition) is 3. The maximum Gasteiger partial charge on any atom is 0.139 e. The minimum atomic E-state index is -0.0310. The van der Waals surface area contributed by atoms with Gasteiger partial charge in [-0.15, -0.1) is 0 Å². The molecular formula is C28H24O5. The third kappa shape index (κ3) is 4.27. The number of fused-ring (bicyclic) bond motifs is 1. The molecule has 0 spiro atoms. The van der Waals surface area contributed by atoms with Crippen molar-refractivity contribution in [3.63, 3.8) is 0 Å². The van der Waals surface area contributed by atoms with Crippen LogP contribution in [0.4, 0.5) is 0 Å². The van der Waals surface area contributed by atoms with E-state index in [0.29, 0.717) is 39.4 Å². The van der Waals surface area contributed by atoms with Crippen LogP contribution in [0.15, 0.2) is 78.2 Å². The van der Waals surface area contributed by atoms with Crippen LogP contribution in [0.5, 0.6) is 17.2 Å². The highest BCUT2D eigenvalue weighted by atomic mass is 16.5. The quantitative estimate of drug-likeness (QED) is 0.317. The Morgan fingerprint density at radius 3 is 2.45 bits per heavy atom. The fraction of sp³-hybridized carbons (Fsp3) is 0.0714. The second-order valence-corrected chi connectivity index (χ2v) is 7.52. The molecule has 0 fully saturated rings. The molecule has 0 saturated heterocycles. The predicted octanol–water partition coefficient (Wildman–Crippen LogP) is 6.23. The SMILES string of the molecule is C=Cc1ccc(O)c(C(=C)c2cc(-c3cc4cc(/C=C/CO)ccc4o3)c(OC)cc2O)c1. The monoisotopic (exact) mass is 440 g/mol. The number of furan rings is 1. The standard InChI is InChI=1S/C28H24O5/c1-4-18-7-9-24(30)21(13-18)17(2)22-15-23(27(32-3)16-25(22)31)28-14-20-12-19(6-5-11-29)8-10-26(20)33-28/h4-10,12-16,29-31H,1-2,11H2,3H3/b6-5+. The van der Waals surface area contributed by atoms with Gasteiger partial charge in [-0.25, -0.2) is 0 Å². The summed E-state index contributed by atoms with van der Waals surface area (Å²) in [5.41, 5.74) is 4.46. The Morgan fingerprint density at radius 2 is 1.73 bits per heavy atom. The van der Waals surface area contributed by atoms with Gasteiger partial charge in [-0.3, -0.25) is 0 Å². The molecule has 3 aromatic carbocycles. The molecule has 0 radical (unpaired) electrons. The van der Waals surface area contributed by atoms with E-state index in [2.05, 4.69) is 13.2 Å². The molecule has 1 heterocycles. The Labute approximate surface area is 191 Å². The normalized spacial score (nSPS) is 11.2. The van der Waals surface area contributed by atoms with Crippen molar-refractivity contribution in [2.75, 3.05) is 13.7 Å². The van der Waals surface area contributed by atoms with Gasteiger partial charge in [0.25, 0.3) is 0 Å². The second kappa shape index (κ2) is 9.10. The first kappa shape index (κ1) is 22.0. The van der Waals surface area contributed by atoms with Gasteiger partial charge in [0, 0.05) is 22.6 Å². The zero-order chi connectivity index (χ0) is 23.5. The second-order valence-electron chi connectivity index (χ2n) is 7.52. The van der Waals surface area contributed by atoms with E-state index in [1.807, 2.05) is 30.3 Å². The van der Waals surface area contributed by atoms with Gasteiger partial charge in [-0.2, -0.15) is 0 Å². The lowest BCUT2D eigenvalue weighted by Crippen LogP contribution is -1.93. The van der Waals surface area contributed by atoms with Gasteiger partial charge in [0.15, 0.2) is 0 Å². The molecule has 5 heteroatoms. The zero-order valence-corrected chi connectivity index (χ0v) is 18.2. The van der Waals surface area contributed by atoms with Crippen molar-refractivity contribution in [2.45, 2.75) is 0 Å². The van der Waals surface area contributed by atoms with Gasteiger partial charge < -0.3 is 24.5 Å². The lowest BCUT2D eigenvalue weighted by Gasteiger charge is -2.15. The predicted molar refractivity (Wildman–Crippen MR) is 132 cm³/mol. The molecule has 0 aliphatic carbocycles. The molecule has 4 aromatic rings. The molecule has 0 amide bonds. The van der Waals surface area contributed by atoms with E-state index in [9.17, 15) is 10.2 Å². The molecule has 0 atom stereocenters. The Kier molecular flexibility index (Phi) is 6.07. The molecule has 0 aliphatic rings. The molecule has 5 nitrogen and oxygen atoms in total. The van der Waals surface area contributed by atoms with Crippen molar-refractivity contribution >= 4 is 28.7 Å². The van der Waals surface area contributed by atoms with Gasteiger partial charge in [0.05, 0.1) is 19.3 Å². The van der Waals surface area contributed by atoms with E-state index in [1.54, 1.807) is 36.4 Å². The van der Waals surface area contributed by atoms with Crippen LogP contribution in [-0.2, 0) is 0 Å².